The summed E-state index contributed by atoms with van der Waals surface area (Å²) >= 11 is 11.4. The highest BCUT2D eigenvalue weighted by Gasteiger charge is 2.07. The average molecular weight is 282 g/mol. The number of aromatic nitrogens is 2. The minimum atomic E-state index is -0.306. The van der Waals surface area contributed by atoms with Crippen molar-refractivity contribution in [2.75, 3.05) is 0 Å². The summed E-state index contributed by atoms with van der Waals surface area (Å²) in [5.41, 5.74) is 1.14. The molecule has 0 bridgehead atoms. The van der Waals surface area contributed by atoms with Gasteiger partial charge in [-0.25, -0.2) is 0 Å². The van der Waals surface area contributed by atoms with E-state index in [-0.39, 0.29) is 16.8 Å². The summed E-state index contributed by atoms with van der Waals surface area (Å²) in [5, 5.41) is 10.9. The topological polar surface area (TPSA) is 54.9 Å². The van der Waals surface area contributed by atoms with Gasteiger partial charge in [0.1, 0.15) is 0 Å². The Bertz CT molecular complexity index is 558. The van der Waals surface area contributed by atoms with E-state index < -0.39 is 0 Å². The van der Waals surface area contributed by atoms with Crippen molar-refractivity contribution in [2.24, 2.45) is 0 Å². The summed E-state index contributed by atoms with van der Waals surface area (Å²) in [6.45, 7) is 0.379. The zero-order chi connectivity index (χ0) is 13.0. The fraction of sp³-hybridized carbons (Fsp3) is 0.0833. The standard InChI is InChI=1S/C12H9Cl2N3O/c13-9-3-1-2-8(6-9)7-15-12(18)10-4-5-11(14)17-16-10/h1-6H,7H2,(H,15,18). The van der Waals surface area contributed by atoms with E-state index in [1.54, 1.807) is 12.1 Å². The molecule has 4 nitrogen and oxygen atoms in total. The van der Waals surface area contributed by atoms with Gasteiger partial charge in [0, 0.05) is 11.6 Å². The van der Waals surface area contributed by atoms with E-state index in [1.165, 1.54) is 12.1 Å². The molecule has 0 saturated carbocycles. The van der Waals surface area contributed by atoms with E-state index in [0.717, 1.165) is 5.56 Å². The third-order valence-corrected chi connectivity index (χ3v) is 2.64. The SMILES string of the molecule is O=C(NCc1cccc(Cl)c1)c1ccc(Cl)nn1. The smallest absolute Gasteiger partial charge is 0.272 e. The molecule has 0 atom stereocenters. The number of carbonyl (C=O) groups is 1. The summed E-state index contributed by atoms with van der Waals surface area (Å²) in [4.78, 5) is 11.7. The molecule has 0 spiro atoms. The number of hydrogen-bond donors (Lipinski definition) is 1. The van der Waals surface area contributed by atoms with E-state index in [2.05, 4.69) is 15.5 Å². The van der Waals surface area contributed by atoms with Crippen LogP contribution in [0.4, 0.5) is 0 Å². The Labute approximate surface area is 114 Å². The van der Waals surface area contributed by atoms with Crippen molar-refractivity contribution in [3.05, 3.63) is 57.8 Å². The molecule has 1 aromatic carbocycles. The normalized spacial score (nSPS) is 10.1. The second kappa shape index (κ2) is 5.80. The van der Waals surface area contributed by atoms with E-state index in [1.807, 2.05) is 12.1 Å². The maximum absolute atomic E-state index is 11.7. The Balaban J connectivity index is 1.98. The Morgan fingerprint density at radius 3 is 2.67 bits per heavy atom. The van der Waals surface area contributed by atoms with Crippen LogP contribution < -0.4 is 5.32 Å². The summed E-state index contributed by atoms with van der Waals surface area (Å²) in [5.74, 6) is -0.306. The molecule has 1 heterocycles. The van der Waals surface area contributed by atoms with Crippen LogP contribution in [0.15, 0.2) is 36.4 Å². The number of hydrogen-bond acceptors (Lipinski definition) is 3. The van der Waals surface area contributed by atoms with Gasteiger partial charge in [0.2, 0.25) is 0 Å². The van der Waals surface area contributed by atoms with Crippen LogP contribution in [0.25, 0.3) is 0 Å². The van der Waals surface area contributed by atoms with Gasteiger partial charge < -0.3 is 5.32 Å². The molecule has 2 rings (SSSR count). The number of amides is 1. The highest BCUT2D eigenvalue weighted by Crippen LogP contribution is 2.10. The number of benzene rings is 1. The zero-order valence-electron chi connectivity index (χ0n) is 9.23. The first-order valence-electron chi connectivity index (χ1n) is 5.17. The molecule has 0 unspecified atom stereocenters. The Morgan fingerprint density at radius 1 is 1.17 bits per heavy atom. The van der Waals surface area contributed by atoms with Crippen molar-refractivity contribution in [2.45, 2.75) is 6.54 Å². The molecule has 1 amide bonds. The lowest BCUT2D eigenvalue weighted by molar-refractivity contribution is 0.0945. The molecule has 92 valence electrons. The highest BCUT2D eigenvalue weighted by molar-refractivity contribution is 6.30. The highest BCUT2D eigenvalue weighted by atomic mass is 35.5. The van der Waals surface area contributed by atoms with Crippen molar-refractivity contribution in [3.63, 3.8) is 0 Å². The zero-order valence-corrected chi connectivity index (χ0v) is 10.7. The van der Waals surface area contributed by atoms with Gasteiger partial charge in [-0.15, -0.1) is 10.2 Å². The van der Waals surface area contributed by atoms with Crippen LogP contribution in [0.3, 0.4) is 0 Å². The number of rotatable bonds is 3. The molecule has 1 N–H and O–H groups in total. The number of halogens is 2. The molecule has 0 aliphatic heterocycles. The molecule has 0 saturated heterocycles. The second-order valence-corrected chi connectivity index (χ2v) is 4.38. The van der Waals surface area contributed by atoms with Crippen molar-refractivity contribution in [1.82, 2.24) is 15.5 Å². The van der Waals surface area contributed by atoms with Crippen molar-refractivity contribution in [3.8, 4) is 0 Å². The maximum Gasteiger partial charge on any atom is 0.272 e. The Kier molecular flexibility index (Phi) is 4.12. The molecule has 18 heavy (non-hydrogen) atoms. The lowest BCUT2D eigenvalue weighted by atomic mass is 10.2. The lowest BCUT2D eigenvalue weighted by Gasteiger charge is -2.04. The molecule has 0 aliphatic rings. The van der Waals surface area contributed by atoms with Gasteiger partial charge in [-0.2, -0.15) is 0 Å². The minimum Gasteiger partial charge on any atom is -0.347 e. The molecule has 0 radical (unpaired) electrons. The van der Waals surface area contributed by atoms with Crippen LogP contribution in [0, 0.1) is 0 Å². The van der Waals surface area contributed by atoms with Crippen molar-refractivity contribution >= 4 is 29.1 Å². The average Bonchev–Trinajstić information content (AvgIpc) is 2.37. The fourth-order valence-electron chi connectivity index (χ4n) is 1.36. The van der Waals surface area contributed by atoms with Crippen molar-refractivity contribution in [1.29, 1.82) is 0 Å². The number of nitrogens with one attached hydrogen (secondary N) is 1. The van der Waals surface area contributed by atoms with E-state index in [9.17, 15) is 4.79 Å². The Morgan fingerprint density at radius 2 is 2.00 bits per heavy atom. The van der Waals surface area contributed by atoms with Gasteiger partial charge in [-0.3, -0.25) is 4.79 Å². The second-order valence-electron chi connectivity index (χ2n) is 3.55. The fourth-order valence-corrected chi connectivity index (χ4v) is 1.67. The largest absolute Gasteiger partial charge is 0.347 e. The number of carbonyl (C=O) groups excluding carboxylic acids is 1. The number of nitrogens with zero attached hydrogens (tertiary/aromatic N) is 2. The molecular weight excluding hydrogens is 273 g/mol. The van der Waals surface area contributed by atoms with Gasteiger partial charge in [0.25, 0.3) is 5.91 Å². The van der Waals surface area contributed by atoms with Gasteiger partial charge in [0.05, 0.1) is 0 Å². The molecule has 0 aliphatic carbocycles. The van der Waals surface area contributed by atoms with E-state index >= 15 is 0 Å². The van der Waals surface area contributed by atoms with Crippen LogP contribution in [0.5, 0.6) is 0 Å². The summed E-state index contributed by atoms with van der Waals surface area (Å²) < 4.78 is 0. The molecule has 2 aromatic rings. The van der Waals surface area contributed by atoms with Crippen LogP contribution >= 0.6 is 23.2 Å². The predicted molar refractivity (Wildman–Crippen MR) is 69.7 cm³/mol. The van der Waals surface area contributed by atoms with Crippen LogP contribution in [-0.2, 0) is 6.54 Å². The maximum atomic E-state index is 11.7. The van der Waals surface area contributed by atoms with Crippen molar-refractivity contribution < 1.29 is 4.79 Å². The molecule has 0 fully saturated rings. The molecule has 1 aromatic heterocycles. The first kappa shape index (κ1) is 12.8. The third-order valence-electron chi connectivity index (χ3n) is 2.21. The van der Waals surface area contributed by atoms with Gasteiger partial charge in [0.15, 0.2) is 10.8 Å². The summed E-state index contributed by atoms with van der Waals surface area (Å²) in [7, 11) is 0. The summed E-state index contributed by atoms with van der Waals surface area (Å²) in [6, 6.07) is 10.3. The quantitative estimate of drug-likeness (QED) is 0.941. The van der Waals surface area contributed by atoms with Gasteiger partial charge >= 0.3 is 0 Å². The van der Waals surface area contributed by atoms with Crippen LogP contribution in [0.2, 0.25) is 10.2 Å². The first-order valence-corrected chi connectivity index (χ1v) is 5.92. The summed E-state index contributed by atoms with van der Waals surface area (Å²) in [6.07, 6.45) is 0. The lowest BCUT2D eigenvalue weighted by Crippen LogP contribution is -2.24. The van der Waals surface area contributed by atoms with Gasteiger partial charge in [-0.05, 0) is 29.8 Å². The molecular formula is C12H9Cl2N3O. The van der Waals surface area contributed by atoms with Gasteiger partial charge in [-0.1, -0.05) is 35.3 Å². The van der Waals surface area contributed by atoms with E-state index in [0.29, 0.717) is 11.6 Å². The van der Waals surface area contributed by atoms with Crippen LogP contribution in [0.1, 0.15) is 16.1 Å². The van der Waals surface area contributed by atoms with Crippen LogP contribution in [-0.4, -0.2) is 16.1 Å². The Hall–Kier alpha value is -1.65. The monoisotopic (exact) mass is 281 g/mol. The predicted octanol–water partition coefficient (Wildman–Crippen LogP) is 2.71. The molecule has 6 heteroatoms. The van der Waals surface area contributed by atoms with E-state index in [4.69, 9.17) is 23.2 Å². The first-order chi connectivity index (χ1) is 8.65. The third kappa shape index (κ3) is 3.42. The minimum absolute atomic E-state index is 0.224.